The zero-order chi connectivity index (χ0) is 12.1. The molecule has 0 rings (SSSR count). The average molecular weight is 214 g/mol. The highest BCUT2D eigenvalue weighted by Gasteiger charge is 1.84. The lowest BCUT2D eigenvalue weighted by molar-refractivity contribution is 1.09. The Labute approximate surface area is 92.6 Å². The first-order valence-electron chi connectivity index (χ1n) is 4.91. The van der Waals surface area contributed by atoms with E-state index in [0.29, 0.717) is 5.84 Å². The van der Waals surface area contributed by atoms with Crippen LogP contribution in [0.2, 0.25) is 0 Å². The van der Waals surface area contributed by atoms with Crippen molar-refractivity contribution in [1.29, 1.82) is 0 Å². The van der Waals surface area contributed by atoms with Crippen LogP contribution in [0.1, 0.15) is 42.5 Å². The molecule has 0 fully saturated rings. The molecule has 0 unspecified atom stereocenters. The van der Waals surface area contributed by atoms with Crippen LogP contribution in [0.3, 0.4) is 0 Å². The van der Waals surface area contributed by atoms with E-state index >= 15 is 0 Å². The minimum absolute atomic E-state index is 0. The lowest BCUT2D eigenvalue weighted by Gasteiger charge is -1.89. The summed E-state index contributed by atoms with van der Waals surface area (Å²) in [6.07, 6.45) is 2.10. The summed E-state index contributed by atoms with van der Waals surface area (Å²) in [5.74, 6) is 5.27. The van der Waals surface area contributed by atoms with E-state index in [1.807, 2.05) is 27.7 Å². The van der Waals surface area contributed by atoms with Crippen molar-refractivity contribution in [2.45, 2.75) is 41.0 Å². The molecule has 0 aliphatic heterocycles. The smallest absolute Gasteiger partial charge is 0.149 e. The molecule has 88 valence electrons. The Hall–Kier alpha value is -1.59. The molecule has 6 heteroatoms. The Bertz CT molecular complexity index is 257. The van der Waals surface area contributed by atoms with Crippen molar-refractivity contribution in [1.82, 2.24) is 0 Å². The summed E-state index contributed by atoms with van der Waals surface area (Å²) in [5, 5.41) is 14.1. The van der Waals surface area contributed by atoms with Crippen molar-refractivity contribution < 1.29 is 1.43 Å². The predicted molar refractivity (Wildman–Crippen MR) is 67.5 cm³/mol. The van der Waals surface area contributed by atoms with Crippen LogP contribution in [0.5, 0.6) is 0 Å². The average Bonchev–Trinajstić information content (AvgIpc) is 2.29. The fourth-order valence-corrected chi connectivity index (χ4v) is 0.393. The number of amidine groups is 1. The van der Waals surface area contributed by atoms with Gasteiger partial charge in [-0.25, -0.2) is 4.99 Å². The molecule has 2 N–H and O–H groups in total. The molecule has 0 aliphatic carbocycles. The molecular weight excluding hydrogens is 192 g/mol. The topological polar surface area (TPSA) is 87.8 Å². The fourth-order valence-electron chi connectivity index (χ4n) is 0.393. The molecule has 0 bridgehead atoms. The van der Waals surface area contributed by atoms with Crippen molar-refractivity contribution in [2.75, 3.05) is 0 Å². The second kappa shape index (κ2) is 12.4. The first-order valence-corrected chi connectivity index (χ1v) is 4.91. The van der Waals surface area contributed by atoms with Gasteiger partial charge in [-0.3, -0.25) is 0 Å². The van der Waals surface area contributed by atoms with Crippen LogP contribution in [-0.2, 0) is 0 Å². The third kappa shape index (κ3) is 12.4. The number of nitrogens with two attached hydrogens (primary N) is 1. The van der Waals surface area contributed by atoms with Gasteiger partial charge in [0.1, 0.15) is 12.2 Å². The Morgan fingerprint density at radius 1 is 1.27 bits per heavy atom. The maximum absolute atomic E-state index is 4.76. The molecule has 0 aromatic rings. The molecule has 15 heavy (non-hydrogen) atoms. The van der Waals surface area contributed by atoms with E-state index in [4.69, 9.17) is 5.84 Å². The van der Waals surface area contributed by atoms with Gasteiger partial charge in [0.25, 0.3) is 0 Å². The SMILES string of the molecule is CC.CC/C(C)=N/N=C(\C)N=CN=NN.[HH]. The molecule has 0 saturated heterocycles. The molecule has 0 amide bonds. The number of nitrogens with zero attached hydrogens (tertiary/aromatic N) is 5. The summed E-state index contributed by atoms with van der Waals surface area (Å²) in [6.45, 7) is 9.63. The van der Waals surface area contributed by atoms with Crippen LogP contribution >= 0.6 is 0 Å². The number of hydrogen-bond acceptors (Lipinski definition) is 3. The quantitative estimate of drug-likeness (QED) is 0.253. The molecular formula is C9H22N6. The molecule has 0 saturated carbocycles. The van der Waals surface area contributed by atoms with E-state index < -0.39 is 0 Å². The normalized spacial score (nSPS) is 13.1. The molecule has 6 nitrogen and oxygen atoms in total. The summed E-state index contributed by atoms with van der Waals surface area (Å²) < 4.78 is 0. The van der Waals surface area contributed by atoms with Gasteiger partial charge in [0, 0.05) is 7.14 Å². The lowest BCUT2D eigenvalue weighted by Crippen LogP contribution is -1.89. The van der Waals surface area contributed by atoms with Gasteiger partial charge < -0.3 is 5.84 Å². The van der Waals surface area contributed by atoms with Crippen molar-refractivity contribution >= 4 is 17.9 Å². The predicted octanol–water partition coefficient (Wildman–Crippen LogP) is 2.82. The van der Waals surface area contributed by atoms with Crippen LogP contribution < -0.4 is 5.84 Å². The zero-order valence-corrected chi connectivity index (χ0v) is 10.1. The second-order valence-corrected chi connectivity index (χ2v) is 2.31. The lowest BCUT2D eigenvalue weighted by atomic mass is 10.3. The highest BCUT2D eigenvalue weighted by atomic mass is 15.3. The van der Waals surface area contributed by atoms with Crippen LogP contribution in [0.25, 0.3) is 0 Å². The number of rotatable bonds is 3. The summed E-state index contributed by atoms with van der Waals surface area (Å²) in [7, 11) is 0. The second-order valence-electron chi connectivity index (χ2n) is 2.31. The summed E-state index contributed by atoms with van der Waals surface area (Å²) >= 11 is 0. The molecule has 0 heterocycles. The Balaban J connectivity index is -0.000000529. The van der Waals surface area contributed by atoms with Gasteiger partial charge in [0.15, 0.2) is 0 Å². The molecule has 0 atom stereocenters. The highest BCUT2D eigenvalue weighted by molar-refractivity contribution is 5.88. The van der Waals surface area contributed by atoms with E-state index in [2.05, 4.69) is 25.5 Å². The van der Waals surface area contributed by atoms with Gasteiger partial charge in [-0.2, -0.15) is 5.10 Å². The largest absolute Gasteiger partial charge is 0.305 e. The van der Waals surface area contributed by atoms with Gasteiger partial charge >= 0.3 is 0 Å². The summed E-state index contributed by atoms with van der Waals surface area (Å²) in [4.78, 5) is 3.80. The maximum Gasteiger partial charge on any atom is 0.149 e. The summed E-state index contributed by atoms with van der Waals surface area (Å²) in [5.41, 5.74) is 0.954. The third-order valence-corrected chi connectivity index (χ3v) is 1.24. The minimum Gasteiger partial charge on any atom is -0.305 e. The highest BCUT2D eigenvalue weighted by Crippen LogP contribution is 1.87. The van der Waals surface area contributed by atoms with E-state index in [1.165, 1.54) is 6.34 Å². The van der Waals surface area contributed by atoms with Gasteiger partial charge in [0.05, 0.1) is 0 Å². The van der Waals surface area contributed by atoms with Crippen molar-refractivity contribution in [2.24, 2.45) is 31.4 Å². The molecule has 0 aliphatic rings. The van der Waals surface area contributed by atoms with Crippen LogP contribution in [0, 0.1) is 0 Å². The first kappa shape index (κ1) is 15.9. The maximum atomic E-state index is 4.76. The van der Waals surface area contributed by atoms with Crippen LogP contribution in [0.4, 0.5) is 0 Å². The van der Waals surface area contributed by atoms with Gasteiger partial charge in [0.2, 0.25) is 0 Å². The molecule has 0 aromatic carbocycles. The van der Waals surface area contributed by atoms with E-state index in [1.54, 1.807) is 6.92 Å². The molecule has 0 radical (unpaired) electrons. The first-order chi connectivity index (χ1) is 7.20. The number of hydrogen-bond donors (Lipinski definition) is 1. The number of aliphatic imine (C=N–C) groups is 1. The zero-order valence-electron chi connectivity index (χ0n) is 10.1. The van der Waals surface area contributed by atoms with Crippen molar-refractivity contribution in [3.05, 3.63) is 0 Å². The van der Waals surface area contributed by atoms with Crippen molar-refractivity contribution in [3.8, 4) is 0 Å². The van der Waals surface area contributed by atoms with Gasteiger partial charge in [-0.05, 0) is 20.3 Å². The monoisotopic (exact) mass is 214 g/mol. The third-order valence-electron chi connectivity index (χ3n) is 1.24. The Morgan fingerprint density at radius 2 is 1.87 bits per heavy atom. The van der Waals surface area contributed by atoms with Crippen LogP contribution in [-0.4, -0.2) is 17.9 Å². The van der Waals surface area contributed by atoms with E-state index in [0.717, 1.165) is 12.1 Å². The van der Waals surface area contributed by atoms with E-state index in [9.17, 15) is 0 Å². The molecule has 0 spiro atoms. The van der Waals surface area contributed by atoms with E-state index in [-0.39, 0.29) is 1.43 Å². The van der Waals surface area contributed by atoms with Crippen LogP contribution in [0.15, 0.2) is 25.5 Å². The Morgan fingerprint density at radius 3 is 2.33 bits per heavy atom. The fraction of sp³-hybridized carbons (Fsp3) is 0.667. The standard InChI is InChI=1S/C7H14N6.C2H6.H2/c1-4-6(2)11-12-7(3)9-5-10-13-8;1-2;/h5H,4H2,1-3H3,(H2,8,9,10,12);1-2H3;1H/b11-6+;;. The van der Waals surface area contributed by atoms with Crippen molar-refractivity contribution in [3.63, 3.8) is 0 Å². The van der Waals surface area contributed by atoms with Gasteiger partial charge in [-0.15, -0.1) is 10.2 Å². The molecule has 0 aromatic heterocycles. The van der Waals surface area contributed by atoms with Gasteiger partial charge in [-0.1, -0.05) is 26.0 Å². The summed E-state index contributed by atoms with van der Waals surface area (Å²) in [6, 6.07) is 0. The minimum atomic E-state index is 0. The Kier molecular flexibility index (Phi) is 13.1.